The molecule has 1 heterocycles. The van der Waals surface area contributed by atoms with Crippen molar-refractivity contribution in [3.63, 3.8) is 0 Å². The molecule has 120 valence electrons. The average Bonchev–Trinajstić information content (AvgIpc) is 2.55. The summed E-state index contributed by atoms with van der Waals surface area (Å²) in [5.74, 6) is -0.139. The van der Waals surface area contributed by atoms with Crippen molar-refractivity contribution in [1.82, 2.24) is 0 Å². The summed E-state index contributed by atoms with van der Waals surface area (Å²) in [5.41, 5.74) is 4.11. The number of amides is 1. The van der Waals surface area contributed by atoms with E-state index in [4.69, 9.17) is 23.2 Å². The summed E-state index contributed by atoms with van der Waals surface area (Å²) in [6.45, 7) is 2.13. The second-order valence-electron chi connectivity index (χ2n) is 5.98. The van der Waals surface area contributed by atoms with Crippen molar-refractivity contribution in [2.45, 2.75) is 39.2 Å². The quantitative estimate of drug-likeness (QED) is 0.831. The number of anilines is 1. The molecule has 5 heteroatoms. The van der Waals surface area contributed by atoms with E-state index < -0.39 is 0 Å². The van der Waals surface area contributed by atoms with Gasteiger partial charge in [-0.3, -0.25) is 4.79 Å². The number of nitrogens with one attached hydrogen (secondary N) is 1. The summed E-state index contributed by atoms with van der Waals surface area (Å²) < 4.78 is 1.91. The van der Waals surface area contributed by atoms with Gasteiger partial charge < -0.3 is 5.32 Å². The molecule has 1 aliphatic carbocycles. The van der Waals surface area contributed by atoms with E-state index >= 15 is 0 Å². The number of halogens is 2. The van der Waals surface area contributed by atoms with Gasteiger partial charge in [-0.25, -0.2) is 0 Å². The first kappa shape index (κ1) is 16.3. The van der Waals surface area contributed by atoms with Crippen LogP contribution in [0.25, 0.3) is 0 Å². The van der Waals surface area contributed by atoms with Crippen molar-refractivity contribution < 1.29 is 9.36 Å². The number of carbonyl (C=O) groups excluding carboxylic acids is 1. The third-order valence-corrected chi connectivity index (χ3v) is 5.02. The standard InChI is InChI=1S/C18H18Cl2N2O/c1-12-6-7-15(19)18(17(12)20)21-16(23)11-22-9-8-13-4-2-3-5-14(13)10-22/h6-10H,2-5,11H2,1H3/p+1. The molecule has 3 nitrogen and oxygen atoms in total. The highest BCUT2D eigenvalue weighted by atomic mass is 35.5. The number of nitrogens with zero attached hydrogens (tertiary/aromatic N) is 1. The molecule has 1 amide bonds. The Morgan fingerprint density at radius 3 is 2.70 bits per heavy atom. The van der Waals surface area contributed by atoms with Crippen LogP contribution in [0.15, 0.2) is 30.6 Å². The highest BCUT2D eigenvalue weighted by molar-refractivity contribution is 6.40. The van der Waals surface area contributed by atoms with Crippen LogP contribution < -0.4 is 9.88 Å². The zero-order chi connectivity index (χ0) is 16.4. The Kier molecular flexibility index (Phi) is 4.88. The lowest BCUT2D eigenvalue weighted by molar-refractivity contribution is -0.684. The fourth-order valence-corrected chi connectivity index (χ4v) is 3.40. The van der Waals surface area contributed by atoms with Gasteiger partial charge >= 0.3 is 0 Å². The minimum absolute atomic E-state index is 0.139. The summed E-state index contributed by atoms with van der Waals surface area (Å²) in [7, 11) is 0. The number of aromatic nitrogens is 1. The number of benzene rings is 1. The molecule has 23 heavy (non-hydrogen) atoms. The van der Waals surface area contributed by atoms with Gasteiger partial charge in [0.1, 0.15) is 0 Å². The molecule has 0 aliphatic heterocycles. The smallest absolute Gasteiger partial charge is 0.290 e. The summed E-state index contributed by atoms with van der Waals surface area (Å²) in [5, 5.41) is 3.76. The van der Waals surface area contributed by atoms with Gasteiger partial charge in [-0.1, -0.05) is 29.3 Å². The van der Waals surface area contributed by atoms with E-state index in [0.29, 0.717) is 15.7 Å². The Morgan fingerprint density at radius 1 is 1.17 bits per heavy atom. The zero-order valence-electron chi connectivity index (χ0n) is 13.0. The molecule has 0 spiro atoms. The van der Waals surface area contributed by atoms with Gasteiger partial charge in [-0.2, -0.15) is 4.57 Å². The molecule has 0 unspecified atom stereocenters. The Hall–Kier alpha value is -1.58. The van der Waals surface area contributed by atoms with Crippen molar-refractivity contribution in [3.8, 4) is 0 Å². The topological polar surface area (TPSA) is 33.0 Å². The van der Waals surface area contributed by atoms with Crippen molar-refractivity contribution in [3.05, 3.63) is 57.3 Å². The van der Waals surface area contributed by atoms with Crippen molar-refractivity contribution in [2.75, 3.05) is 5.32 Å². The first-order valence-corrected chi connectivity index (χ1v) is 8.55. The molecule has 0 saturated heterocycles. The molecule has 0 radical (unpaired) electrons. The molecule has 1 aliphatic rings. The maximum Gasteiger partial charge on any atom is 0.290 e. The Bertz CT molecular complexity index is 759. The number of hydrogen-bond acceptors (Lipinski definition) is 1. The number of aryl methyl sites for hydroxylation is 3. The first-order valence-electron chi connectivity index (χ1n) is 7.80. The van der Waals surface area contributed by atoms with Crippen molar-refractivity contribution >= 4 is 34.8 Å². The molecule has 0 bridgehead atoms. The molecule has 1 aromatic carbocycles. The maximum absolute atomic E-state index is 12.3. The SMILES string of the molecule is Cc1ccc(Cl)c(NC(=O)C[n+]2ccc3c(c2)CCCC3)c1Cl. The zero-order valence-corrected chi connectivity index (χ0v) is 14.5. The summed E-state index contributed by atoms with van der Waals surface area (Å²) >= 11 is 12.4. The molecule has 1 N–H and O–H groups in total. The van der Waals surface area contributed by atoms with Crippen LogP contribution in [0.5, 0.6) is 0 Å². The number of fused-ring (bicyclic) bond motifs is 1. The number of carbonyl (C=O) groups is 1. The Labute approximate surface area is 146 Å². The van der Waals surface area contributed by atoms with Crippen molar-refractivity contribution in [1.29, 1.82) is 0 Å². The van der Waals surface area contributed by atoms with E-state index in [0.717, 1.165) is 18.4 Å². The Balaban J connectivity index is 1.74. The van der Waals surface area contributed by atoms with Gasteiger partial charge in [0.25, 0.3) is 5.91 Å². The second kappa shape index (κ2) is 6.90. The normalized spacial score (nSPS) is 13.5. The predicted molar refractivity (Wildman–Crippen MR) is 93.1 cm³/mol. The third-order valence-electron chi connectivity index (χ3n) is 4.22. The molecule has 3 rings (SSSR count). The maximum atomic E-state index is 12.3. The van der Waals surface area contributed by atoms with E-state index in [9.17, 15) is 4.79 Å². The second-order valence-corrected chi connectivity index (χ2v) is 6.76. The highest BCUT2D eigenvalue weighted by Crippen LogP contribution is 2.32. The fourth-order valence-electron chi connectivity index (χ4n) is 2.93. The monoisotopic (exact) mass is 349 g/mol. The van der Waals surface area contributed by atoms with Gasteiger partial charge in [0, 0.05) is 11.6 Å². The van der Waals surface area contributed by atoms with Gasteiger partial charge in [0.05, 0.1) is 15.7 Å². The van der Waals surface area contributed by atoms with Crippen LogP contribution in [0.2, 0.25) is 10.0 Å². The van der Waals surface area contributed by atoms with Crippen molar-refractivity contribution in [2.24, 2.45) is 0 Å². The van der Waals surface area contributed by atoms with Gasteiger partial charge in [-0.05, 0) is 49.8 Å². The van der Waals surface area contributed by atoms with E-state index in [1.807, 2.05) is 23.8 Å². The van der Waals surface area contributed by atoms with Gasteiger partial charge in [0.2, 0.25) is 6.54 Å². The third kappa shape index (κ3) is 3.67. The van der Waals surface area contributed by atoms with E-state index in [1.165, 1.54) is 24.0 Å². The molecular formula is C18H19Cl2N2O+. The van der Waals surface area contributed by atoms with E-state index in [-0.39, 0.29) is 12.5 Å². The molecule has 0 saturated carbocycles. The van der Waals surface area contributed by atoms with Crippen LogP contribution >= 0.6 is 23.2 Å². The van der Waals surface area contributed by atoms with E-state index in [2.05, 4.69) is 17.6 Å². The molecule has 2 aromatic rings. The lowest BCUT2D eigenvalue weighted by Gasteiger charge is -2.13. The van der Waals surface area contributed by atoms with Crippen LogP contribution in [-0.2, 0) is 24.2 Å². The van der Waals surface area contributed by atoms with Crippen LogP contribution in [-0.4, -0.2) is 5.91 Å². The summed E-state index contributed by atoms with van der Waals surface area (Å²) in [6.07, 6.45) is 8.74. The summed E-state index contributed by atoms with van der Waals surface area (Å²) in [6, 6.07) is 5.69. The Morgan fingerprint density at radius 2 is 1.91 bits per heavy atom. The van der Waals surface area contributed by atoms with Gasteiger partial charge in [-0.15, -0.1) is 0 Å². The molecule has 1 aromatic heterocycles. The van der Waals surface area contributed by atoms with Crippen LogP contribution in [0, 0.1) is 6.92 Å². The minimum Gasteiger partial charge on any atom is -0.318 e. The van der Waals surface area contributed by atoms with Crippen LogP contribution in [0.4, 0.5) is 5.69 Å². The number of rotatable bonds is 3. The lowest BCUT2D eigenvalue weighted by atomic mass is 9.93. The minimum atomic E-state index is -0.139. The predicted octanol–water partition coefficient (Wildman–Crippen LogP) is 4.11. The average molecular weight is 350 g/mol. The van der Waals surface area contributed by atoms with Crippen LogP contribution in [0.3, 0.4) is 0 Å². The summed E-state index contributed by atoms with van der Waals surface area (Å²) in [4.78, 5) is 12.3. The fraction of sp³-hybridized carbons (Fsp3) is 0.333. The molecule has 0 fully saturated rings. The highest BCUT2D eigenvalue weighted by Gasteiger charge is 2.17. The number of hydrogen-bond donors (Lipinski definition) is 1. The molecule has 0 atom stereocenters. The number of pyridine rings is 1. The van der Waals surface area contributed by atoms with Crippen LogP contribution in [0.1, 0.15) is 29.5 Å². The lowest BCUT2D eigenvalue weighted by Crippen LogP contribution is -2.40. The molecular weight excluding hydrogens is 331 g/mol. The van der Waals surface area contributed by atoms with Gasteiger partial charge in [0.15, 0.2) is 12.4 Å². The van der Waals surface area contributed by atoms with E-state index in [1.54, 1.807) is 6.07 Å². The largest absolute Gasteiger partial charge is 0.318 e. The first-order chi connectivity index (χ1) is 11.0.